The number of imidazole rings is 1. The fourth-order valence-corrected chi connectivity index (χ4v) is 1.72. The molecule has 3 rings (SSSR count). The molecule has 0 bridgehead atoms. The second-order valence-electron chi connectivity index (χ2n) is 3.07. The molecule has 0 fully saturated rings. The van der Waals surface area contributed by atoms with E-state index in [1.165, 1.54) is 0 Å². The molecule has 74 valence electrons. The Hall–Kier alpha value is -1.62. The first-order valence-corrected chi connectivity index (χ1v) is 5.18. The molecule has 5 heteroatoms. The lowest BCUT2D eigenvalue weighted by molar-refractivity contribution is 0.614. The fraction of sp³-hybridized carbons (Fsp3) is 0. The number of fused-ring (bicyclic) bond motifs is 1. The molecule has 0 aliphatic carbocycles. The number of hydrogen-bond donors (Lipinski definition) is 1. The van der Waals surface area contributed by atoms with Gasteiger partial charge in [0.1, 0.15) is 5.52 Å². The molecule has 3 aromatic rings. The van der Waals surface area contributed by atoms with E-state index in [1.807, 2.05) is 18.2 Å². The van der Waals surface area contributed by atoms with Crippen LogP contribution in [0.1, 0.15) is 0 Å². The normalized spacial score (nSPS) is 11.0. The number of halogens is 1. The zero-order valence-electron chi connectivity index (χ0n) is 7.57. The molecular weight excluding hydrogens is 258 g/mol. The Labute approximate surface area is 93.5 Å². The van der Waals surface area contributed by atoms with E-state index in [9.17, 15) is 0 Å². The smallest absolute Gasteiger partial charge is 0.264 e. The van der Waals surface area contributed by atoms with Gasteiger partial charge in [0.25, 0.3) is 5.89 Å². The summed E-state index contributed by atoms with van der Waals surface area (Å²) in [6.07, 6.45) is 3.40. The van der Waals surface area contributed by atoms with E-state index < -0.39 is 0 Å². The molecule has 0 amide bonds. The van der Waals surface area contributed by atoms with Gasteiger partial charge < -0.3 is 9.40 Å². The Bertz CT molecular complexity index is 600. The van der Waals surface area contributed by atoms with Gasteiger partial charge in [0.15, 0.2) is 11.4 Å². The quantitative estimate of drug-likeness (QED) is 0.735. The van der Waals surface area contributed by atoms with E-state index in [0.29, 0.717) is 11.7 Å². The standard InChI is InChI=1S/C10H6BrN3O/c11-6-1-2-7-8(5-6)15-10(14-7)9-12-3-4-13-9/h1-5H,(H,12,13). The van der Waals surface area contributed by atoms with Crippen LogP contribution < -0.4 is 0 Å². The van der Waals surface area contributed by atoms with Crippen LogP contribution in [0.2, 0.25) is 0 Å². The second kappa shape index (κ2) is 3.20. The average Bonchev–Trinajstić information content (AvgIpc) is 2.84. The maximum absolute atomic E-state index is 5.56. The van der Waals surface area contributed by atoms with Crippen molar-refractivity contribution in [3.05, 3.63) is 35.1 Å². The number of nitrogens with one attached hydrogen (secondary N) is 1. The highest BCUT2D eigenvalue weighted by Crippen LogP contribution is 2.24. The first kappa shape index (κ1) is 8.67. The first-order chi connectivity index (χ1) is 7.33. The summed E-state index contributed by atoms with van der Waals surface area (Å²) in [5.41, 5.74) is 1.57. The highest BCUT2D eigenvalue weighted by molar-refractivity contribution is 9.10. The van der Waals surface area contributed by atoms with Crippen molar-refractivity contribution >= 4 is 27.0 Å². The van der Waals surface area contributed by atoms with E-state index >= 15 is 0 Å². The van der Waals surface area contributed by atoms with Gasteiger partial charge >= 0.3 is 0 Å². The Morgan fingerprint density at radius 1 is 1.33 bits per heavy atom. The minimum absolute atomic E-state index is 0.508. The van der Waals surface area contributed by atoms with Gasteiger partial charge in [-0.25, -0.2) is 9.97 Å². The predicted octanol–water partition coefficient (Wildman–Crippen LogP) is 2.98. The van der Waals surface area contributed by atoms with Crippen LogP contribution in [-0.2, 0) is 0 Å². The second-order valence-corrected chi connectivity index (χ2v) is 3.98. The lowest BCUT2D eigenvalue weighted by Gasteiger charge is -1.86. The minimum atomic E-state index is 0.508. The van der Waals surface area contributed by atoms with Gasteiger partial charge in [0.05, 0.1) is 0 Å². The first-order valence-electron chi connectivity index (χ1n) is 4.39. The molecule has 0 atom stereocenters. The monoisotopic (exact) mass is 263 g/mol. The minimum Gasteiger partial charge on any atom is -0.434 e. The van der Waals surface area contributed by atoms with Crippen LogP contribution in [0, 0.1) is 0 Å². The molecule has 0 radical (unpaired) electrons. The Morgan fingerprint density at radius 3 is 3.07 bits per heavy atom. The number of rotatable bonds is 1. The molecular formula is C10H6BrN3O. The Kier molecular flexibility index (Phi) is 1.85. The molecule has 1 aromatic carbocycles. The van der Waals surface area contributed by atoms with Crippen LogP contribution in [0.25, 0.3) is 22.8 Å². The largest absolute Gasteiger partial charge is 0.434 e. The molecule has 0 unspecified atom stereocenters. The summed E-state index contributed by atoms with van der Waals surface area (Å²) in [5, 5.41) is 0. The molecule has 0 aliphatic heterocycles. The van der Waals surface area contributed by atoms with Crippen molar-refractivity contribution in [1.82, 2.24) is 15.0 Å². The van der Waals surface area contributed by atoms with Crippen LogP contribution >= 0.6 is 15.9 Å². The summed E-state index contributed by atoms with van der Waals surface area (Å²) in [7, 11) is 0. The zero-order chi connectivity index (χ0) is 10.3. The number of hydrogen-bond acceptors (Lipinski definition) is 3. The van der Waals surface area contributed by atoms with Crippen molar-refractivity contribution in [3.63, 3.8) is 0 Å². The Morgan fingerprint density at radius 2 is 2.27 bits per heavy atom. The SMILES string of the molecule is Brc1ccc2nc(-c3ncc[nH]3)oc2c1. The van der Waals surface area contributed by atoms with Crippen molar-refractivity contribution in [2.45, 2.75) is 0 Å². The van der Waals surface area contributed by atoms with Crippen molar-refractivity contribution in [2.24, 2.45) is 0 Å². The van der Waals surface area contributed by atoms with E-state index in [0.717, 1.165) is 15.6 Å². The van der Waals surface area contributed by atoms with Crippen LogP contribution in [-0.4, -0.2) is 15.0 Å². The van der Waals surface area contributed by atoms with Crippen molar-refractivity contribution in [2.75, 3.05) is 0 Å². The van der Waals surface area contributed by atoms with Crippen LogP contribution in [0.3, 0.4) is 0 Å². The maximum Gasteiger partial charge on any atom is 0.264 e. The third kappa shape index (κ3) is 1.45. The molecule has 2 aromatic heterocycles. The van der Waals surface area contributed by atoms with E-state index in [2.05, 4.69) is 30.9 Å². The molecule has 0 spiro atoms. The number of H-pyrrole nitrogens is 1. The average molecular weight is 264 g/mol. The predicted molar refractivity (Wildman–Crippen MR) is 59.3 cm³/mol. The third-order valence-corrected chi connectivity index (χ3v) is 2.54. The number of nitrogens with zero attached hydrogens (tertiary/aromatic N) is 2. The topological polar surface area (TPSA) is 54.7 Å². The van der Waals surface area contributed by atoms with Gasteiger partial charge in [-0.1, -0.05) is 15.9 Å². The lowest BCUT2D eigenvalue weighted by Crippen LogP contribution is -1.77. The van der Waals surface area contributed by atoms with Gasteiger partial charge in [-0.2, -0.15) is 0 Å². The van der Waals surface area contributed by atoms with Gasteiger partial charge in [-0.15, -0.1) is 0 Å². The Balaban J connectivity index is 2.22. The van der Waals surface area contributed by atoms with Gasteiger partial charge in [0.2, 0.25) is 0 Å². The number of aromatic amines is 1. The van der Waals surface area contributed by atoms with E-state index in [4.69, 9.17) is 4.42 Å². The number of oxazole rings is 1. The van der Waals surface area contributed by atoms with Crippen LogP contribution in [0.4, 0.5) is 0 Å². The summed E-state index contributed by atoms with van der Waals surface area (Å²) < 4.78 is 6.53. The summed E-state index contributed by atoms with van der Waals surface area (Å²) in [6, 6.07) is 5.71. The molecule has 0 saturated heterocycles. The van der Waals surface area contributed by atoms with Gasteiger partial charge in [-0.3, -0.25) is 0 Å². The summed E-state index contributed by atoms with van der Waals surface area (Å²) in [6.45, 7) is 0. The van der Waals surface area contributed by atoms with Crippen molar-refractivity contribution in [3.8, 4) is 11.7 Å². The third-order valence-electron chi connectivity index (χ3n) is 2.05. The lowest BCUT2D eigenvalue weighted by atomic mass is 10.3. The van der Waals surface area contributed by atoms with E-state index in [1.54, 1.807) is 12.4 Å². The fourth-order valence-electron chi connectivity index (χ4n) is 1.38. The van der Waals surface area contributed by atoms with Crippen LogP contribution in [0.15, 0.2) is 39.5 Å². The van der Waals surface area contributed by atoms with Crippen LogP contribution in [0.5, 0.6) is 0 Å². The molecule has 1 N–H and O–H groups in total. The summed E-state index contributed by atoms with van der Waals surface area (Å²) in [4.78, 5) is 11.3. The number of aromatic nitrogens is 3. The van der Waals surface area contributed by atoms with Gasteiger partial charge in [0, 0.05) is 16.9 Å². The highest BCUT2D eigenvalue weighted by Gasteiger charge is 2.09. The van der Waals surface area contributed by atoms with Crippen molar-refractivity contribution < 1.29 is 4.42 Å². The van der Waals surface area contributed by atoms with Gasteiger partial charge in [-0.05, 0) is 18.2 Å². The highest BCUT2D eigenvalue weighted by atomic mass is 79.9. The summed E-state index contributed by atoms with van der Waals surface area (Å²) >= 11 is 3.38. The molecule has 0 aliphatic rings. The molecule has 4 nitrogen and oxygen atoms in total. The molecule has 2 heterocycles. The zero-order valence-corrected chi connectivity index (χ0v) is 9.15. The number of benzene rings is 1. The van der Waals surface area contributed by atoms with Crippen molar-refractivity contribution in [1.29, 1.82) is 0 Å². The molecule has 0 saturated carbocycles. The molecule has 15 heavy (non-hydrogen) atoms. The maximum atomic E-state index is 5.56. The summed E-state index contributed by atoms with van der Waals surface area (Å²) in [5.74, 6) is 1.15. The van der Waals surface area contributed by atoms with E-state index in [-0.39, 0.29) is 0 Å².